The first-order valence-electron chi connectivity index (χ1n) is 4.54. The molecule has 0 aromatic heterocycles. The molecule has 0 aliphatic rings. The monoisotopic (exact) mass is 213 g/mol. The predicted octanol–water partition coefficient (Wildman–Crippen LogP) is 1.58. The molecule has 0 aliphatic heterocycles. The zero-order valence-corrected chi connectivity index (χ0v) is 8.59. The lowest BCUT2D eigenvalue weighted by molar-refractivity contribution is 0.596. The molecular weight excluding hydrogens is 200 g/mol. The number of halogens is 2. The van der Waals surface area contributed by atoms with E-state index in [2.05, 4.69) is 10.4 Å². The molecule has 0 saturated heterocycles. The molecule has 3 N–H and O–H groups in total. The fourth-order valence-electron chi connectivity index (χ4n) is 1.12. The third-order valence-corrected chi connectivity index (χ3v) is 1.71. The molecule has 0 radical (unpaired) electrons. The van der Waals surface area contributed by atoms with Crippen molar-refractivity contribution in [1.82, 2.24) is 5.43 Å². The topological polar surface area (TPSA) is 50.4 Å². The van der Waals surface area contributed by atoms with Gasteiger partial charge in [0.05, 0.1) is 5.56 Å². The summed E-state index contributed by atoms with van der Waals surface area (Å²) in [6, 6.07) is 3.08. The Morgan fingerprint density at radius 3 is 2.60 bits per heavy atom. The van der Waals surface area contributed by atoms with Crippen molar-refractivity contribution in [2.45, 2.75) is 19.9 Å². The maximum absolute atomic E-state index is 13.3. The number of rotatable bonds is 2. The summed E-state index contributed by atoms with van der Waals surface area (Å²) in [7, 11) is 0. The molecule has 5 heteroatoms. The maximum atomic E-state index is 13.3. The summed E-state index contributed by atoms with van der Waals surface area (Å²) in [5.74, 6) is 4.25. The summed E-state index contributed by atoms with van der Waals surface area (Å²) < 4.78 is 26.2. The lowest BCUT2D eigenvalue weighted by Gasteiger charge is -2.08. The highest BCUT2D eigenvalue weighted by Crippen LogP contribution is 2.10. The van der Waals surface area contributed by atoms with Gasteiger partial charge in [-0.25, -0.2) is 14.6 Å². The number of benzene rings is 1. The van der Waals surface area contributed by atoms with Crippen molar-refractivity contribution >= 4 is 5.84 Å². The van der Waals surface area contributed by atoms with E-state index in [0.29, 0.717) is 0 Å². The number of nitrogens with zero attached hydrogens (tertiary/aromatic N) is 1. The molecule has 15 heavy (non-hydrogen) atoms. The van der Waals surface area contributed by atoms with Gasteiger partial charge in [0.25, 0.3) is 0 Å². The summed E-state index contributed by atoms with van der Waals surface area (Å²) in [5.41, 5.74) is 2.29. The van der Waals surface area contributed by atoms with E-state index in [9.17, 15) is 8.78 Å². The number of hydrogen-bond donors (Lipinski definition) is 2. The van der Waals surface area contributed by atoms with E-state index in [1.807, 2.05) is 13.8 Å². The van der Waals surface area contributed by atoms with E-state index in [1.165, 1.54) is 0 Å². The maximum Gasteiger partial charge on any atom is 0.145 e. The molecule has 3 nitrogen and oxygen atoms in total. The van der Waals surface area contributed by atoms with Crippen LogP contribution >= 0.6 is 0 Å². The van der Waals surface area contributed by atoms with Crippen LogP contribution in [0.15, 0.2) is 23.2 Å². The lowest BCUT2D eigenvalue weighted by atomic mass is 10.2. The van der Waals surface area contributed by atoms with Crippen LogP contribution in [0.1, 0.15) is 19.4 Å². The van der Waals surface area contributed by atoms with Crippen LogP contribution in [-0.4, -0.2) is 11.9 Å². The average Bonchev–Trinajstić information content (AvgIpc) is 2.18. The molecule has 0 aliphatic carbocycles. The normalized spacial score (nSPS) is 12.0. The van der Waals surface area contributed by atoms with Gasteiger partial charge in [-0.3, -0.25) is 4.99 Å². The van der Waals surface area contributed by atoms with Crippen LogP contribution in [0.2, 0.25) is 0 Å². The lowest BCUT2D eigenvalue weighted by Crippen LogP contribution is -2.32. The van der Waals surface area contributed by atoms with Gasteiger partial charge in [0.2, 0.25) is 0 Å². The first kappa shape index (κ1) is 11.6. The predicted molar refractivity (Wildman–Crippen MR) is 55.4 cm³/mol. The van der Waals surface area contributed by atoms with Gasteiger partial charge in [-0.2, -0.15) is 0 Å². The van der Waals surface area contributed by atoms with Gasteiger partial charge in [0.1, 0.15) is 17.5 Å². The molecule has 1 aromatic rings. The van der Waals surface area contributed by atoms with Crippen molar-refractivity contribution in [1.29, 1.82) is 0 Å². The van der Waals surface area contributed by atoms with Crippen molar-refractivity contribution in [3.05, 3.63) is 35.4 Å². The summed E-state index contributed by atoms with van der Waals surface area (Å²) in [6.07, 6.45) is 0. The van der Waals surface area contributed by atoms with Crippen LogP contribution in [0, 0.1) is 11.6 Å². The quantitative estimate of drug-likeness (QED) is 0.339. The molecule has 0 bridgehead atoms. The Labute approximate surface area is 87.0 Å². The van der Waals surface area contributed by atoms with E-state index in [0.717, 1.165) is 18.2 Å². The van der Waals surface area contributed by atoms with Gasteiger partial charge in [-0.1, -0.05) is 0 Å². The first-order valence-corrected chi connectivity index (χ1v) is 4.54. The number of aliphatic imine (C=N–C) groups is 1. The molecule has 0 saturated carbocycles. The second kappa shape index (κ2) is 4.84. The minimum absolute atomic E-state index is 0.0335. The Morgan fingerprint density at radius 1 is 1.40 bits per heavy atom. The van der Waals surface area contributed by atoms with Crippen molar-refractivity contribution < 1.29 is 8.78 Å². The highest BCUT2D eigenvalue weighted by Gasteiger charge is 2.10. The Kier molecular flexibility index (Phi) is 3.74. The molecular formula is C10H13F2N3. The van der Waals surface area contributed by atoms with Crippen LogP contribution in [0.25, 0.3) is 0 Å². The number of hydrazine groups is 1. The molecule has 0 amide bonds. The largest absolute Gasteiger partial charge is 0.308 e. The molecule has 0 spiro atoms. The van der Waals surface area contributed by atoms with Gasteiger partial charge in [-0.05, 0) is 32.0 Å². The van der Waals surface area contributed by atoms with Crippen LogP contribution in [0.5, 0.6) is 0 Å². The van der Waals surface area contributed by atoms with E-state index in [-0.39, 0.29) is 17.4 Å². The van der Waals surface area contributed by atoms with Crippen LogP contribution in [0.3, 0.4) is 0 Å². The van der Waals surface area contributed by atoms with Crippen molar-refractivity contribution in [2.75, 3.05) is 0 Å². The summed E-state index contributed by atoms with van der Waals surface area (Å²) in [5, 5.41) is 0. The number of nitrogens with two attached hydrogens (primary N) is 1. The molecule has 0 fully saturated rings. The van der Waals surface area contributed by atoms with Gasteiger partial charge >= 0.3 is 0 Å². The number of amidine groups is 1. The minimum Gasteiger partial charge on any atom is -0.308 e. The Morgan fingerprint density at radius 2 is 2.07 bits per heavy atom. The van der Waals surface area contributed by atoms with Gasteiger partial charge in [0, 0.05) is 6.04 Å². The Bertz CT molecular complexity index is 375. The third kappa shape index (κ3) is 2.99. The fraction of sp³-hybridized carbons (Fsp3) is 0.300. The zero-order chi connectivity index (χ0) is 11.4. The molecule has 0 atom stereocenters. The molecule has 1 aromatic carbocycles. The second-order valence-corrected chi connectivity index (χ2v) is 3.34. The van der Waals surface area contributed by atoms with E-state index in [1.54, 1.807) is 0 Å². The first-order chi connectivity index (χ1) is 7.04. The molecule has 0 unspecified atom stereocenters. The summed E-state index contributed by atoms with van der Waals surface area (Å²) in [6.45, 7) is 3.63. The number of nitrogens with one attached hydrogen (secondary N) is 1. The zero-order valence-electron chi connectivity index (χ0n) is 8.59. The fourth-order valence-corrected chi connectivity index (χ4v) is 1.12. The average molecular weight is 213 g/mol. The molecule has 0 heterocycles. The van der Waals surface area contributed by atoms with Crippen LogP contribution < -0.4 is 11.3 Å². The van der Waals surface area contributed by atoms with E-state index in [4.69, 9.17) is 5.84 Å². The summed E-state index contributed by atoms with van der Waals surface area (Å²) >= 11 is 0. The minimum atomic E-state index is -0.561. The molecule has 82 valence electrons. The highest BCUT2D eigenvalue weighted by atomic mass is 19.1. The van der Waals surface area contributed by atoms with Gasteiger partial charge < -0.3 is 5.43 Å². The summed E-state index contributed by atoms with van der Waals surface area (Å²) in [4.78, 5) is 4.04. The number of hydrogen-bond acceptors (Lipinski definition) is 2. The van der Waals surface area contributed by atoms with Crippen molar-refractivity contribution in [2.24, 2.45) is 10.8 Å². The van der Waals surface area contributed by atoms with Crippen LogP contribution in [-0.2, 0) is 0 Å². The van der Waals surface area contributed by atoms with E-state index >= 15 is 0 Å². The Hall–Kier alpha value is -1.49. The Balaban J connectivity index is 3.17. The SMILES string of the molecule is CC(C)N=C(NN)c1cc(F)ccc1F. The van der Waals surface area contributed by atoms with Crippen molar-refractivity contribution in [3.63, 3.8) is 0 Å². The smallest absolute Gasteiger partial charge is 0.145 e. The molecule has 1 rings (SSSR count). The van der Waals surface area contributed by atoms with Gasteiger partial charge in [-0.15, -0.1) is 0 Å². The van der Waals surface area contributed by atoms with Gasteiger partial charge in [0.15, 0.2) is 0 Å². The van der Waals surface area contributed by atoms with Crippen LogP contribution in [0.4, 0.5) is 8.78 Å². The standard InChI is InChI=1S/C10H13F2N3/c1-6(2)14-10(15-13)8-5-7(11)3-4-9(8)12/h3-6H,13H2,1-2H3,(H,14,15). The second-order valence-electron chi connectivity index (χ2n) is 3.34. The highest BCUT2D eigenvalue weighted by molar-refractivity contribution is 5.98. The third-order valence-electron chi connectivity index (χ3n) is 1.71. The van der Waals surface area contributed by atoms with Crippen molar-refractivity contribution in [3.8, 4) is 0 Å². The van der Waals surface area contributed by atoms with E-state index < -0.39 is 11.6 Å².